The van der Waals surface area contributed by atoms with Crippen molar-refractivity contribution in [2.24, 2.45) is 0 Å². The van der Waals surface area contributed by atoms with Gasteiger partial charge in [-0.25, -0.2) is 5.43 Å². The molecule has 2 fully saturated rings. The molecule has 28 heavy (non-hydrogen) atoms. The monoisotopic (exact) mass is 379 g/mol. The van der Waals surface area contributed by atoms with Crippen LogP contribution in [0.25, 0.3) is 17.0 Å². The number of amides is 1. The summed E-state index contributed by atoms with van der Waals surface area (Å²) >= 11 is 0. The molecule has 10 heteroatoms. The van der Waals surface area contributed by atoms with Gasteiger partial charge in [-0.2, -0.15) is 4.52 Å². The van der Waals surface area contributed by atoms with Gasteiger partial charge in [0, 0.05) is 44.6 Å². The molecule has 2 N–H and O–H groups in total. The van der Waals surface area contributed by atoms with Crippen LogP contribution in [-0.4, -0.2) is 74.4 Å². The highest BCUT2D eigenvalue weighted by Crippen LogP contribution is 2.24. The lowest BCUT2D eigenvalue weighted by atomic mass is 10.1. The van der Waals surface area contributed by atoms with Gasteiger partial charge in [0.1, 0.15) is 11.9 Å². The Balaban J connectivity index is 1.32. The maximum atomic E-state index is 12.5. The Kier molecular flexibility index (Phi) is 4.14. The van der Waals surface area contributed by atoms with E-state index in [-0.39, 0.29) is 18.0 Å². The summed E-state index contributed by atoms with van der Waals surface area (Å²) in [7, 11) is 1.88. The second-order valence-electron chi connectivity index (χ2n) is 7.15. The van der Waals surface area contributed by atoms with E-state index in [4.69, 9.17) is 5.10 Å². The number of pyridine rings is 1. The fourth-order valence-corrected chi connectivity index (χ4v) is 3.61. The fraction of sp³-hybridized carbons (Fsp3) is 0.389. The number of rotatable bonds is 4. The predicted molar refractivity (Wildman–Crippen MR) is 102 cm³/mol. The highest BCUT2D eigenvalue weighted by Gasteiger charge is 2.36. The average molecular weight is 379 g/mol. The van der Waals surface area contributed by atoms with E-state index in [1.165, 1.54) is 0 Å². The number of carbonyl (C=O) groups is 1. The van der Waals surface area contributed by atoms with E-state index < -0.39 is 0 Å². The van der Waals surface area contributed by atoms with Crippen LogP contribution in [0.4, 0.5) is 5.82 Å². The minimum atomic E-state index is -0.132. The van der Waals surface area contributed by atoms with Crippen LogP contribution in [-0.2, 0) is 4.79 Å². The van der Waals surface area contributed by atoms with E-state index in [2.05, 4.69) is 30.9 Å². The van der Waals surface area contributed by atoms with Crippen LogP contribution in [0.3, 0.4) is 0 Å². The maximum absolute atomic E-state index is 12.5. The van der Waals surface area contributed by atoms with E-state index in [0.29, 0.717) is 11.5 Å². The zero-order valence-electron chi connectivity index (χ0n) is 15.5. The molecule has 2 aliphatic rings. The number of anilines is 1. The first kappa shape index (κ1) is 17.0. The van der Waals surface area contributed by atoms with Crippen LogP contribution < -0.4 is 15.8 Å². The number of aromatic nitrogens is 5. The third kappa shape index (κ3) is 2.86. The lowest BCUT2D eigenvalue weighted by Gasteiger charge is -2.45. The molecular formula is C18H21N9O. The van der Waals surface area contributed by atoms with E-state index in [0.717, 1.165) is 37.4 Å². The van der Waals surface area contributed by atoms with Crippen molar-refractivity contribution in [2.45, 2.75) is 18.5 Å². The van der Waals surface area contributed by atoms with Crippen LogP contribution in [0.2, 0.25) is 0 Å². The summed E-state index contributed by atoms with van der Waals surface area (Å²) in [4.78, 5) is 20.7. The molecule has 1 amide bonds. The number of nitrogens with zero attached hydrogens (tertiary/aromatic N) is 7. The minimum absolute atomic E-state index is 0.132. The van der Waals surface area contributed by atoms with Gasteiger partial charge in [-0.1, -0.05) is 0 Å². The Labute approximate surface area is 161 Å². The maximum Gasteiger partial charge on any atom is 0.241 e. The van der Waals surface area contributed by atoms with Gasteiger partial charge in [-0.05, 0) is 30.7 Å². The van der Waals surface area contributed by atoms with Gasteiger partial charge in [0.2, 0.25) is 5.91 Å². The van der Waals surface area contributed by atoms with Crippen molar-refractivity contribution in [3.63, 3.8) is 0 Å². The van der Waals surface area contributed by atoms with Crippen molar-refractivity contribution in [1.82, 2.24) is 40.5 Å². The molecule has 1 unspecified atom stereocenters. The van der Waals surface area contributed by atoms with Gasteiger partial charge in [-0.15, -0.1) is 15.3 Å². The largest absolute Gasteiger partial charge is 0.351 e. The topological polar surface area (TPSA) is 104 Å². The fourth-order valence-electron chi connectivity index (χ4n) is 3.61. The first-order valence-corrected chi connectivity index (χ1v) is 9.33. The number of likely N-dealkylation sites (N-methyl/N-ethyl adjacent to an activating group) is 1. The molecule has 0 spiro atoms. The molecule has 5 heterocycles. The molecule has 3 aromatic heterocycles. The van der Waals surface area contributed by atoms with Gasteiger partial charge in [-0.3, -0.25) is 15.2 Å². The average Bonchev–Trinajstić information content (AvgIpc) is 3.36. The molecule has 0 aliphatic carbocycles. The quantitative estimate of drug-likeness (QED) is 0.637. The molecule has 3 aromatic rings. The first-order valence-electron chi connectivity index (χ1n) is 9.33. The Morgan fingerprint density at radius 1 is 1.25 bits per heavy atom. The molecular weight excluding hydrogens is 358 g/mol. The van der Waals surface area contributed by atoms with Crippen molar-refractivity contribution in [3.8, 4) is 11.4 Å². The zero-order valence-corrected chi connectivity index (χ0v) is 15.5. The van der Waals surface area contributed by atoms with Crippen LogP contribution >= 0.6 is 0 Å². The summed E-state index contributed by atoms with van der Waals surface area (Å²) in [6.45, 7) is 2.33. The molecule has 2 saturated heterocycles. The number of nitrogens with one attached hydrogen (secondary N) is 2. The van der Waals surface area contributed by atoms with E-state index >= 15 is 0 Å². The van der Waals surface area contributed by atoms with Gasteiger partial charge in [0.05, 0.1) is 6.04 Å². The molecule has 0 bridgehead atoms. The molecule has 5 rings (SSSR count). The molecule has 2 aliphatic heterocycles. The smallest absolute Gasteiger partial charge is 0.241 e. The van der Waals surface area contributed by atoms with E-state index in [1.54, 1.807) is 16.9 Å². The number of hydrogen-bond donors (Lipinski definition) is 2. The standard InChI is InChI=1S/C18H21N9O/c1-25(18(28)14-6-8-20-21-14)13-10-26(11-13)16-5-4-15-22-23-17(27(15)24-16)12-3-2-7-19-9-12/h2-5,7,9,13-14,20-21H,6,8,10-11H2,1H3. The van der Waals surface area contributed by atoms with Crippen LogP contribution in [0, 0.1) is 0 Å². The number of fused-ring (bicyclic) bond motifs is 1. The summed E-state index contributed by atoms with van der Waals surface area (Å²) < 4.78 is 1.74. The van der Waals surface area contributed by atoms with Crippen molar-refractivity contribution in [2.75, 3.05) is 31.6 Å². The number of carbonyl (C=O) groups excluding carboxylic acids is 1. The minimum Gasteiger partial charge on any atom is -0.351 e. The van der Waals surface area contributed by atoms with Crippen molar-refractivity contribution < 1.29 is 4.79 Å². The van der Waals surface area contributed by atoms with Gasteiger partial charge >= 0.3 is 0 Å². The molecule has 1 atom stereocenters. The third-order valence-corrected chi connectivity index (χ3v) is 5.38. The predicted octanol–water partition coefficient (Wildman–Crippen LogP) is -0.300. The lowest BCUT2D eigenvalue weighted by Crippen LogP contribution is -2.62. The molecule has 0 radical (unpaired) electrons. The SMILES string of the molecule is CN(C(=O)C1CCNN1)C1CN(c2ccc3nnc(-c4cccnc4)n3n2)C1. The van der Waals surface area contributed by atoms with Crippen LogP contribution in [0.15, 0.2) is 36.7 Å². The summed E-state index contributed by atoms with van der Waals surface area (Å²) in [5.74, 6) is 1.64. The Bertz CT molecular complexity index is 993. The summed E-state index contributed by atoms with van der Waals surface area (Å²) in [6, 6.07) is 7.70. The third-order valence-electron chi connectivity index (χ3n) is 5.38. The number of hydrogen-bond acceptors (Lipinski definition) is 8. The first-order chi connectivity index (χ1) is 13.7. The zero-order chi connectivity index (χ0) is 19.1. The van der Waals surface area contributed by atoms with Crippen molar-refractivity contribution >= 4 is 17.4 Å². The van der Waals surface area contributed by atoms with Gasteiger partial charge < -0.3 is 9.80 Å². The van der Waals surface area contributed by atoms with Gasteiger partial charge in [0.25, 0.3) is 0 Å². The summed E-state index contributed by atoms with van der Waals surface area (Å²) in [5, 5.41) is 13.1. The summed E-state index contributed by atoms with van der Waals surface area (Å²) in [6.07, 6.45) is 4.29. The second-order valence-corrected chi connectivity index (χ2v) is 7.15. The molecule has 144 valence electrons. The number of hydrazine groups is 1. The normalized spacial score (nSPS) is 19.8. The lowest BCUT2D eigenvalue weighted by molar-refractivity contribution is -0.134. The molecule has 0 saturated carbocycles. The van der Waals surface area contributed by atoms with Crippen LogP contribution in [0.5, 0.6) is 0 Å². The Morgan fingerprint density at radius 2 is 2.14 bits per heavy atom. The van der Waals surface area contributed by atoms with E-state index in [1.807, 2.05) is 36.2 Å². The van der Waals surface area contributed by atoms with Crippen LogP contribution in [0.1, 0.15) is 6.42 Å². The van der Waals surface area contributed by atoms with E-state index in [9.17, 15) is 4.79 Å². The molecule has 0 aromatic carbocycles. The highest BCUT2D eigenvalue weighted by atomic mass is 16.2. The van der Waals surface area contributed by atoms with Crippen molar-refractivity contribution in [3.05, 3.63) is 36.7 Å². The Morgan fingerprint density at radius 3 is 2.89 bits per heavy atom. The molecule has 10 nitrogen and oxygen atoms in total. The summed E-state index contributed by atoms with van der Waals surface area (Å²) in [5.41, 5.74) is 7.60. The second kappa shape index (κ2) is 6.80. The van der Waals surface area contributed by atoms with Crippen molar-refractivity contribution in [1.29, 1.82) is 0 Å². The van der Waals surface area contributed by atoms with Gasteiger partial charge in [0.15, 0.2) is 11.5 Å². The highest BCUT2D eigenvalue weighted by molar-refractivity contribution is 5.82. The Hall–Kier alpha value is -3.11.